The largest absolute Gasteiger partial charge is 0.340 e. The summed E-state index contributed by atoms with van der Waals surface area (Å²) < 4.78 is 0. The second kappa shape index (κ2) is 7.34. The highest BCUT2D eigenvalue weighted by molar-refractivity contribution is 6.05. The third-order valence-electron chi connectivity index (χ3n) is 5.17. The zero-order chi connectivity index (χ0) is 20.5. The standard InChI is InChI=1S/C20H20N6O3/c1-3-11(2)17(19-21-15-6-4-5-7-16(15)22-19)23-20(27)18-13-10-12(26(28)29)8-9-14(13)24-25-18/h4-11,17H,3H2,1-2H3,(H,21,22)(H,23,27)(H,24,25). The van der Waals surface area contributed by atoms with Crippen LogP contribution in [0.4, 0.5) is 5.69 Å². The van der Waals surface area contributed by atoms with E-state index in [1.807, 2.05) is 38.1 Å². The van der Waals surface area contributed by atoms with Crippen molar-refractivity contribution < 1.29 is 9.72 Å². The molecule has 0 bridgehead atoms. The van der Waals surface area contributed by atoms with Crippen LogP contribution in [-0.4, -0.2) is 31.0 Å². The smallest absolute Gasteiger partial charge is 0.273 e. The van der Waals surface area contributed by atoms with E-state index in [9.17, 15) is 14.9 Å². The Balaban J connectivity index is 1.69. The number of amides is 1. The Morgan fingerprint density at radius 1 is 1.24 bits per heavy atom. The molecule has 148 valence electrons. The van der Waals surface area contributed by atoms with Crippen LogP contribution in [0, 0.1) is 16.0 Å². The predicted molar refractivity (Wildman–Crippen MR) is 109 cm³/mol. The van der Waals surface area contributed by atoms with Gasteiger partial charge in [-0.1, -0.05) is 32.4 Å². The van der Waals surface area contributed by atoms with Crippen molar-refractivity contribution in [2.24, 2.45) is 5.92 Å². The first kappa shape index (κ1) is 18.6. The van der Waals surface area contributed by atoms with E-state index in [1.54, 1.807) is 6.07 Å². The molecule has 2 aromatic carbocycles. The lowest BCUT2D eigenvalue weighted by atomic mass is 9.98. The van der Waals surface area contributed by atoms with Crippen LogP contribution in [0.5, 0.6) is 0 Å². The van der Waals surface area contributed by atoms with Gasteiger partial charge >= 0.3 is 0 Å². The van der Waals surface area contributed by atoms with Crippen LogP contribution in [0.15, 0.2) is 42.5 Å². The highest BCUT2D eigenvalue weighted by Crippen LogP contribution is 2.27. The Morgan fingerprint density at radius 2 is 2.03 bits per heavy atom. The van der Waals surface area contributed by atoms with Crippen molar-refractivity contribution in [2.75, 3.05) is 0 Å². The summed E-state index contributed by atoms with van der Waals surface area (Å²) in [6.07, 6.45) is 0.828. The number of rotatable bonds is 6. The molecular weight excluding hydrogens is 372 g/mol. The minimum Gasteiger partial charge on any atom is -0.340 e. The lowest BCUT2D eigenvalue weighted by Crippen LogP contribution is -2.33. The average molecular weight is 392 g/mol. The molecule has 2 heterocycles. The lowest BCUT2D eigenvalue weighted by molar-refractivity contribution is -0.384. The molecule has 0 radical (unpaired) electrons. The Hall–Kier alpha value is -3.75. The molecule has 2 aromatic heterocycles. The van der Waals surface area contributed by atoms with E-state index >= 15 is 0 Å². The average Bonchev–Trinajstić information content (AvgIpc) is 3.34. The Labute approximate surface area is 165 Å². The number of imidazole rings is 1. The fraction of sp³-hybridized carbons (Fsp3) is 0.250. The van der Waals surface area contributed by atoms with E-state index in [1.165, 1.54) is 12.1 Å². The number of carbonyl (C=O) groups is 1. The van der Waals surface area contributed by atoms with E-state index < -0.39 is 10.8 Å². The highest BCUT2D eigenvalue weighted by atomic mass is 16.6. The van der Waals surface area contributed by atoms with Crippen LogP contribution < -0.4 is 5.32 Å². The van der Waals surface area contributed by atoms with Crippen molar-refractivity contribution in [2.45, 2.75) is 26.3 Å². The number of para-hydroxylation sites is 2. The maximum absolute atomic E-state index is 13.0. The number of hydrogen-bond donors (Lipinski definition) is 3. The van der Waals surface area contributed by atoms with Gasteiger partial charge in [0.25, 0.3) is 11.6 Å². The van der Waals surface area contributed by atoms with Gasteiger partial charge < -0.3 is 10.3 Å². The summed E-state index contributed by atoms with van der Waals surface area (Å²) >= 11 is 0. The normalized spacial score (nSPS) is 13.4. The topological polar surface area (TPSA) is 130 Å². The fourth-order valence-electron chi connectivity index (χ4n) is 3.33. The molecule has 0 saturated carbocycles. The monoisotopic (exact) mass is 392 g/mol. The molecule has 0 aliphatic rings. The van der Waals surface area contributed by atoms with Gasteiger partial charge in [-0.3, -0.25) is 20.0 Å². The van der Waals surface area contributed by atoms with Crippen LogP contribution >= 0.6 is 0 Å². The van der Waals surface area contributed by atoms with Gasteiger partial charge in [-0.25, -0.2) is 4.98 Å². The molecule has 0 saturated heterocycles. The van der Waals surface area contributed by atoms with Gasteiger partial charge in [0, 0.05) is 17.5 Å². The molecule has 1 amide bonds. The summed E-state index contributed by atoms with van der Waals surface area (Å²) in [4.78, 5) is 31.5. The van der Waals surface area contributed by atoms with Crippen molar-refractivity contribution >= 4 is 33.5 Å². The van der Waals surface area contributed by atoms with Crippen LogP contribution in [0.25, 0.3) is 21.9 Å². The van der Waals surface area contributed by atoms with Crippen LogP contribution in [0.1, 0.15) is 42.6 Å². The number of aromatic amines is 2. The number of fused-ring (bicyclic) bond motifs is 2. The summed E-state index contributed by atoms with van der Waals surface area (Å²) in [5.41, 5.74) is 2.30. The third kappa shape index (κ3) is 3.42. The van der Waals surface area contributed by atoms with Crippen LogP contribution in [0.2, 0.25) is 0 Å². The van der Waals surface area contributed by atoms with E-state index in [0.29, 0.717) is 16.7 Å². The number of H-pyrrole nitrogens is 2. The van der Waals surface area contributed by atoms with E-state index in [-0.39, 0.29) is 23.3 Å². The van der Waals surface area contributed by atoms with Crippen molar-refractivity contribution in [1.29, 1.82) is 0 Å². The summed E-state index contributed by atoms with van der Waals surface area (Å²) in [6, 6.07) is 11.6. The Bertz CT molecular complexity index is 1180. The van der Waals surface area contributed by atoms with Gasteiger partial charge in [-0.15, -0.1) is 0 Å². The second-order valence-electron chi connectivity index (χ2n) is 7.04. The molecule has 2 unspecified atom stereocenters. The number of non-ortho nitro benzene ring substituents is 1. The quantitative estimate of drug-likeness (QED) is 0.339. The van der Waals surface area contributed by atoms with E-state index in [0.717, 1.165) is 17.5 Å². The number of nitrogens with zero attached hydrogens (tertiary/aromatic N) is 3. The molecule has 3 N–H and O–H groups in total. The number of nitro benzene ring substituents is 1. The Kier molecular flexibility index (Phi) is 4.71. The van der Waals surface area contributed by atoms with Crippen LogP contribution in [-0.2, 0) is 0 Å². The number of hydrogen-bond acceptors (Lipinski definition) is 5. The molecule has 9 nitrogen and oxygen atoms in total. The maximum atomic E-state index is 13.0. The number of benzene rings is 2. The van der Waals surface area contributed by atoms with E-state index in [4.69, 9.17) is 0 Å². The Morgan fingerprint density at radius 3 is 2.76 bits per heavy atom. The van der Waals surface area contributed by atoms with Gasteiger partial charge in [-0.2, -0.15) is 5.10 Å². The highest BCUT2D eigenvalue weighted by Gasteiger charge is 2.26. The first-order valence-electron chi connectivity index (χ1n) is 9.36. The first-order valence-corrected chi connectivity index (χ1v) is 9.36. The number of nitro groups is 1. The second-order valence-corrected chi connectivity index (χ2v) is 7.04. The molecule has 29 heavy (non-hydrogen) atoms. The zero-order valence-corrected chi connectivity index (χ0v) is 16.0. The van der Waals surface area contributed by atoms with Gasteiger partial charge in [-0.05, 0) is 24.1 Å². The molecule has 0 aliphatic carbocycles. The molecule has 2 atom stereocenters. The van der Waals surface area contributed by atoms with Crippen LogP contribution in [0.3, 0.4) is 0 Å². The summed E-state index contributed by atoms with van der Waals surface area (Å²) in [5.74, 6) is 0.362. The predicted octanol–water partition coefficient (Wildman–Crippen LogP) is 3.86. The molecule has 4 aromatic rings. The first-order chi connectivity index (χ1) is 14.0. The number of carbonyl (C=O) groups excluding carboxylic acids is 1. The van der Waals surface area contributed by atoms with Crippen molar-refractivity contribution in [3.8, 4) is 0 Å². The lowest BCUT2D eigenvalue weighted by Gasteiger charge is -2.22. The fourth-order valence-corrected chi connectivity index (χ4v) is 3.33. The number of aromatic nitrogens is 4. The summed E-state index contributed by atoms with van der Waals surface area (Å²) in [5, 5.41) is 21.3. The number of nitrogens with one attached hydrogen (secondary N) is 3. The van der Waals surface area contributed by atoms with Gasteiger partial charge in [0.2, 0.25) is 0 Å². The minimum absolute atomic E-state index is 0.0938. The van der Waals surface area contributed by atoms with Gasteiger partial charge in [0.05, 0.1) is 27.5 Å². The summed E-state index contributed by atoms with van der Waals surface area (Å²) in [7, 11) is 0. The SMILES string of the molecule is CCC(C)C(NC(=O)c1n[nH]c2ccc([N+](=O)[O-])cc12)c1nc2ccccc2[nH]1. The molecule has 0 spiro atoms. The zero-order valence-electron chi connectivity index (χ0n) is 16.0. The van der Waals surface area contributed by atoms with E-state index in [2.05, 4.69) is 25.5 Å². The van der Waals surface area contributed by atoms with Gasteiger partial charge in [0.15, 0.2) is 5.69 Å². The van der Waals surface area contributed by atoms with Crippen molar-refractivity contribution in [3.63, 3.8) is 0 Å². The van der Waals surface area contributed by atoms with Crippen molar-refractivity contribution in [1.82, 2.24) is 25.5 Å². The van der Waals surface area contributed by atoms with Gasteiger partial charge in [0.1, 0.15) is 5.82 Å². The molecule has 0 aliphatic heterocycles. The maximum Gasteiger partial charge on any atom is 0.273 e. The molecule has 0 fully saturated rings. The molecule has 9 heteroatoms. The minimum atomic E-state index is -0.496. The molecular formula is C20H20N6O3. The summed E-state index contributed by atoms with van der Waals surface area (Å²) in [6.45, 7) is 4.07. The third-order valence-corrected chi connectivity index (χ3v) is 5.17. The van der Waals surface area contributed by atoms with Crippen molar-refractivity contribution in [3.05, 3.63) is 64.1 Å². The molecule has 4 rings (SSSR count).